The number of hydrogen-bond donors (Lipinski definition) is 1. The Bertz CT molecular complexity index is 330. The highest BCUT2D eigenvalue weighted by Gasteiger charge is 2.34. The van der Waals surface area contributed by atoms with Crippen LogP contribution in [0.5, 0.6) is 0 Å². The number of hydrogen-bond acceptors (Lipinski definition) is 2. The maximum absolute atomic E-state index is 13.0. The second kappa shape index (κ2) is 3.72. The van der Waals surface area contributed by atoms with Gasteiger partial charge in [-0.1, -0.05) is 11.6 Å². The molecule has 1 nitrogen and oxygen atoms in total. The van der Waals surface area contributed by atoms with Crippen molar-refractivity contribution < 1.29 is 9.50 Å². The molecule has 0 saturated carbocycles. The van der Waals surface area contributed by atoms with Gasteiger partial charge in [-0.25, -0.2) is 4.39 Å². The lowest BCUT2D eigenvalue weighted by atomic mass is 9.93. The Morgan fingerprint density at radius 1 is 1.43 bits per heavy atom. The summed E-state index contributed by atoms with van der Waals surface area (Å²) in [7, 11) is 0. The lowest BCUT2D eigenvalue weighted by Crippen LogP contribution is -2.24. The fraction of sp³-hybridized carbons (Fsp3) is 0.400. The van der Waals surface area contributed by atoms with Gasteiger partial charge < -0.3 is 5.11 Å². The van der Waals surface area contributed by atoms with Crippen molar-refractivity contribution in [2.24, 2.45) is 0 Å². The molecule has 1 aliphatic heterocycles. The van der Waals surface area contributed by atoms with Crippen molar-refractivity contribution in [3.05, 3.63) is 34.6 Å². The van der Waals surface area contributed by atoms with E-state index in [1.54, 1.807) is 17.8 Å². The number of aliphatic hydroxyl groups is 1. The fourth-order valence-corrected chi connectivity index (χ4v) is 3.10. The molecule has 1 N–H and O–H groups in total. The smallest absolute Gasteiger partial charge is 0.125 e. The number of thioether (sulfide) groups is 1. The van der Waals surface area contributed by atoms with Crippen LogP contribution in [-0.4, -0.2) is 16.6 Å². The minimum absolute atomic E-state index is 0.338. The van der Waals surface area contributed by atoms with E-state index in [9.17, 15) is 9.50 Å². The highest BCUT2D eigenvalue weighted by Crippen LogP contribution is 2.37. The molecule has 1 saturated heterocycles. The highest BCUT2D eigenvalue weighted by molar-refractivity contribution is 7.99. The summed E-state index contributed by atoms with van der Waals surface area (Å²) < 4.78 is 13.0. The largest absolute Gasteiger partial charge is 0.384 e. The summed E-state index contributed by atoms with van der Waals surface area (Å²) in [5.41, 5.74) is -0.302. The lowest BCUT2D eigenvalue weighted by Gasteiger charge is -2.21. The molecule has 1 aromatic carbocycles. The predicted molar refractivity (Wildman–Crippen MR) is 57.2 cm³/mol. The maximum Gasteiger partial charge on any atom is 0.125 e. The normalized spacial score (nSPS) is 26.8. The molecule has 76 valence electrons. The van der Waals surface area contributed by atoms with Crippen molar-refractivity contribution in [3.8, 4) is 0 Å². The first-order valence-electron chi connectivity index (χ1n) is 4.37. The molecular formula is C10H10ClFOS. The monoisotopic (exact) mass is 232 g/mol. The van der Waals surface area contributed by atoms with Gasteiger partial charge >= 0.3 is 0 Å². The summed E-state index contributed by atoms with van der Waals surface area (Å²) >= 11 is 7.40. The van der Waals surface area contributed by atoms with Crippen molar-refractivity contribution in [3.63, 3.8) is 0 Å². The van der Waals surface area contributed by atoms with Crippen molar-refractivity contribution in [1.29, 1.82) is 0 Å². The van der Waals surface area contributed by atoms with E-state index in [2.05, 4.69) is 0 Å². The Morgan fingerprint density at radius 3 is 2.79 bits per heavy atom. The molecule has 0 aliphatic carbocycles. The lowest BCUT2D eigenvalue weighted by molar-refractivity contribution is 0.0654. The van der Waals surface area contributed by atoms with Crippen LogP contribution in [0.1, 0.15) is 12.0 Å². The van der Waals surface area contributed by atoms with Crippen LogP contribution < -0.4 is 0 Å². The molecular weight excluding hydrogens is 223 g/mol. The van der Waals surface area contributed by atoms with Crippen LogP contribution in [0.3, 0.4) is 0 Å². The van der Waals surface area contributed by atoms with Crippen LogP contribution in [0.25, 0.3) is 0 Å². The zero-order chi connectivity index (χ0) is 10.2. The highest BCUT2D eigenvalue weighted by atomic mass is 35.5. The molecule has 0 aromatic heterocycles. The summed E-state index contributed by atoms with van der Waals surface area (Å²) in [6.07, 6.45) is 0.664. The van der Waals surface area contributed by atoms with Gasteiger partial charge in [0.1, 0.15) is 5.82 Å². The molecule has 4 heteroatoms. The summed E-state index contributed by atoms with van der Waals surface area (Å²) in [4.78, 5) is 0. The molecule has 0 spiro atoms. The van der Waals surface area contributed by atoms with Crippen molar-refractivity contribution in [1.82, 2.24) is 0 Å². The second-order valence-corrected chi connectivity index (χ2v) is 5.03. The Labute approximate surface area is 91.3 Å². The minimum Gasteiger partial charge on any atom is -0.384 e. The van der Waals surface area contributed by atoms with E-state index in [1.807, 2.05) is 0 Å². The molecule has 1 aromatic rings. The van der Waals surface area contributed by atoms with Crippen LogP contribution in [-0.2, 0) is 5.60 Å². The van der Waals surface area contributed by atoms with Crippen molar-refractivity contribution in [2.45, 2.75) is 12.0 Å². The first kappa shape index (κ1) is 10.3. The van der Waals surface area contributed by atoms with Crippen LogP contribution >= 0.6 is 23.4 Å². The van der Waals surface area contributed by atoms with Gasteiger partial charge in [-0.05, 0) is 35.9 Å². The average molecular weight is 233 g/mol. The first-order chi connectivity index (χ1) is 6.60. The molecule has 1 heterocycles. The third-order valence-electron chi connectivity index (χ3n) is 2.40. The standard InChI is InChI=1S/C10H10ClFOS/c11-8-3-7(4-9(12)5-8)10(13)1-2-14-6-10/h3-5,13H,1-2,6H2. The number of rotatable bonds is 1. The molecule has 14 heavy (non-hydrogen) atoms. The Morgan fingerprint density at radius 2 is 2.21 bits per heavy atom. The van der Waals surface area contributed by atoms with Gasteiger partial charge in [0.25, 0.3) is 0 Å². The SMILES string of the molecule is OC1(c2cc(F)cc(Cl)c2)CCSC1. The van der Waals surface area contributed by atoms with Gasteiger partial charge in [0.2, 0.25) is 0 Å². The summed E-state index contributed by atoms with van der Waals surface area (Å²) in [6.45, 7) is 0. The second-order valence-electron chi connectivity index (χ2n) is 3.49. The molecule has 0 bridgehead atoms. The molecule has 0 radical (unpaired) electrons. The van der Waals surface area contributed by atoms with E-state index < -0.39 is 11.4 Å². The van der Waals surface area contributed by atoms with Crippen LogP contribution in [0, 0.1) is 5.82 Å². The van der Waals surface area contributed by atoms with Gasteiger partial charge in [0.05, 0.1) is 5.60 Å². The fourth-order valence-electron chi connectivity index (χ4n) is 1.60. The van der Waals surface area contributed by atoms with Gasteiger partial charge in [0, 0.05) is 10.8 Å². The first-order valence-corrected chi connectivity index (χ1v) is 5.90. The molecule has 1 unspecified atom stereocenters. The van der Waals surface area contributed by atoms with Crippen LogP contribution in [0.2, 0.25) is 5.02 Å². The third kappa shape index (κ3) is 1.90. The van der Waals surface area contributed by atoms with E-state index in [4.69, 9.17) is 11.6 Å². The predicted octanol–water partition coefficient (Wildman–Crippen LogP) is 2.80. The topological polar surface area (TPSA) is 20.2 Å². The van der Waals surface area contributed by atoms with E-state index in [1.165, 1.54) is 12.1 Å². The van der Waals surface area contributed by atoms with E-state index in [0.29, 0.717) is 22.8 Å². The Hall–Kier alpha value is -0.250. The average Bonchev–Trinajstić information content (AvgIpc) is 2.52. The van der Waals surface area contributed by atoms with Gasteiger partial charge in [-0.2, -0.15) is 11.8 Å². The molecule has 1 fully saturated rings. The van der Waals surface area contributed by atoms with Crippen LogP contribution in [0.15, 0.2) is 18.2 Å². The van der Waals surface area contributed by atoms with E-state index in [0.717, 1.165) is 5.75 Å². The van der Waals surface area contributed by atoms with Gasteiger partial charge in [0.15, 0.2) is 0 Å². The van der Waals surface area contributed by atoms with E-state index in [-0.39, 0.29) is 0 Å². The molecule has 0 amide bonds. The van der Waals surface area contributed by atoms with Crippen LogP contribution in [0.4, 0.5) is 4.39 Å². The van der Waals surface area contributed by atoms with E-state index >= 15 is 0 Å². The minimum atomic E-state index is -0.892. The molecule has 1 atom stereocenters. The zero-order valence-corrected chi connectivity index (χ0v) is 9.04. The van der Waals surface area contributed by atoms with Crippen molar-refractivity contribution >= 4 is 23.4 Å². The third-order valence-corrected chi connectivity index (χ3v) is 3.79. The quantitative estimate of drug-likeness (QED) is 0.804. The Kier molecular flexibility index (Phi) is 2.73. The molecule has 2 rings (SSSR count). The summed E-state index contributed by atoms with van der Waals surface area (Å²) in [5, 5.41) is 10.5. The Balaban J connectivity index is 2.40. The van der Waals surface area contributed by atoms with Gasteiger partial charge in [-0.15, -0.1) is 0 Å². The number of halogens is 2. The van der Waals surface area contributed by atoms with Crippen molar-refractivity contribution in [2.75, 3.05) is 11.5 Å². The van der Waals surface area contributed by atoms with Gasteiger partial charge in [-0.3, -0.25) is 0 Å². The zero-order valence-electron chi connectivity index (χ0n) is 7.46. The maximum atomic E-state index is 13.0. The summed E-state index contributed by atoms with van der Waals surface area (Å²) in [6, 6.07) is 4.24. The number of benzene rings is 1. The summed E-state index contributed by atoms with van der Waals surface area (Å²) in [5.74, 6) is 1.13. The molecule has 1 aliphatic rings.